The Bertz CT molecular complexity index is 680. The average Bonchev–Trinajstić information content (AvgIpc) is 2.60. The Hall–Kier alpha value is -2.63. The van der Waals surface area contributed by atoms with Gasteiger partial charge in [0, 0.05) is 37.4 Å². The lowest BCUT2D eigenvalue weighted by Gasteiger charge is -2.21. The minimum atomic E-state index is -0.674. The molecular formula is C19H23F2N3O. The van der Waals surface area contributed by atoms with Gasteiger partial charge in [-0.2, -0.15) is 0 Å². The highest BCUT2D eigenvalue weighted by atomic mass is 19.1. The summed E-state index contributed by atoms with van der Waals surface area (Å²) in [5, 5.41) is 5.39. The highest BCUT2D eigenvalue weighted by molar-refractivity contribution is 5.91. The van der Waals surface area contributed by atoms with E-state index >= 15 is 0 Å². The fourth-order valence-corrected chi connectivity index (χ4v) is 2.54. The van der Waals surface area contributed by atoms with E-state index in [1.807, 2.05) is 24.3 Å². The number of nitrogens with one attached hydrogen (secondary N) is 2. The van der Waals surface area contributed by atoms with Crippen molar-refractivity contribution in [1.82, 2.24) is 0 Å². The molecule has 2 rings (SSSR count). The molecule has 0 radical (unpaired) electrons. The van der Waals surface area contributed by atoms with Crippen molar-refractivity contribution in [2.24, 2.45) is 0 Å². The number of para-hydroxylation sites is 1. The Morgan fingerprint density at radius 2 is 1.60 bits per heavy atom. The molecule has 2 N–H and O–H groups in total. The van der Waals surface area contributed by atoms with E-state index in [1.165, 1.54) is 18.2 Å². The summed E-state index contributed by atoms with van der Waals surface area (Å²) in [4.78, 5) is 14.2. The van der Waals surface area contributed by atoms with Crippen molar-refractivity contribution >= 4 is 23.0 Å². The zero-order valence-electron chi connectivity index (χ0n) is 14.5. The number of halogens is 2. The first kappa shape index (κ1) is 18.7. The van der Waals surface area contributed by atoms with Crippen molar-refractivity contribution < 1.29 is 13.6 Å². The second kappa shape index (κ2) is 9.01. The quantitative estimate of drug-likeness (QED) is 0.750. The van der Waals surface area contributed by atoms with Crippen molar-refractivity contribution in [2.75, 3.05) is 35.2 Å². The van der Waals surface area contributed by atoms with Crippen molar-refractivity contribution in [1.29, 1.82) is 0 Å². The van der Waals surface area contributed by atoms with Crippen LogP contribution in [0.25, 0.3) is 0 Å². The van der Waals surface area contributed by atoms with Crippen LogP contribution in [0.4, 0.5) is 25.8 Å². The minimum absolute atomic E-state index is 0.103. The van der Waals surface area contributed by atoms with Gasteiger partial charge in [-0.15, -0.1) is 0 Å². The Labute approximate surface area is 146 Å². The molecule has 0 aliphatic rings. The monoisotopic (exact) mass is 347 g/mol. The lowest BCUT2D eigenvalue weighted by molar-refractivity contribution is -0.115. The van der Waals surface area contributed by atoms with Gasteiger partial charge >= 0.3 is 0 Å². The summed E-state index contributed by atoms with van der Waals surface area (Å²) in [6.45, 7) is 6.15. The number of carbonyl (C=O) groups is 1. The van der Waals surface area contributed by atoms with Crippen LogP contribution in [0.3, 0.4) is 0 Å². The summed E-state index contributed by atoms with van der Waals surface area (Å²) < 4.78 is 27.0. The molecule has 2 aromatic rings. The van der Waals surface area contributed by atoms with Crippen molar-refractivity contribution in [2.45, 2.75) is 20.3 Å². The van der Waals surface area contributed by atoms with E-state index in [0.29, 0.717) is 5.69 Å². The first-order valence-electron chi connectivity index (χ1n) is 8.37. The fraction of sp³-hybridized carbons (Fsp3) is 0.316. The Kier molecular flexibility index (Phi) is 6.74. The average molecular weight is 347 g/mol. The highest BCUT2D eigenvalue weighted by Crippen LogP contribution is 2.19. The second-order valence-electron chi connectivity index (χ2n) is 5.54. The zero-order valence-corrected chi connectivity index (χ0v) is 14.5. The molecule has 0 fully saturated rings. The molecule has 0 unspecified atom stereocenters. The summed E-state index contributed by atoms with van der Waals surface area (Å²) in [5.74, 6) is -1.57. The molecule has 6 heteroatoms. The van der Waals surface area contributed by atoms with Crippen LogP contribution in [0, 0.1) is 11.6 Å². The van der Waals surface area contributed by atoms with Gasteiger partial charge in [0.2, 0.25) is 5.91 Å². The third-order valence-electron chi connectivity index (χ3n) is 3.90. The van der Waals surface area contributed by atoms with Crippen LogP contribution in [-0.4, -0.2) is 25.5 Å². The predicted octanol–water partition coefficient (Wildman–Crippen LogP) is 4.25. The molecule has 0 aromatic heterocycles. The molecule has 0 spiro atoms. The summed E-state index contributed by atoms with van der Waals surface area (Å²) in [7, 11) is 0. The van der Waals surface area contributed by atoms with Gasteiger partial charge in [-0.05, 0) is 50.2 Å². The zero-order chi connectivity index (χ0) is 18.2. The van der Waals surface area contributed by atoms with E-state index in [2.05, 4.69) is 29.4 Å². The molecule has 0 atom stereocenters. The first-order valence-corrected chi connectivity index (χ1v) is 8.37. The molecule has 2 aromatic carbocycles. The Morgan fingerprint density at radius 3 is 2.16 bits per heavy atom. The van der Waals surface area contributed by atoms with E-state index in [0.717, 1.165) is 18.8 Å². The van der Waals surface area contributed by atoms with Crippen molar-refractivity contribution in [3.8, 4) is 0 Å². The van der Waals surface area contributed by atoms with Crippen LogP contribution in [0.1, 0.15) is 20.3 Å². The van der Waals surface area contributed by atoms with Crippen LogP contribution in [-0.2, 0) is 4.79 Å². The van der Waals surface area contributed by atoms with E-state index < -0.39 is 11.6 Å². The summed E-state index contributed by atoms with van der Waals surface area (Å²) in [5.41, 5.74) is 1.58. The highest BCUT2D eigenvalue weighted by Gasteiger charge is 2.09. The van der Waals surface area contributed by atoms with Gasteiger partial charge in [-0.3, -0.25) is 4.79 Å². The third-order valence-corrected chi connectivity index (χ3v) is 3.90. The molecule has 0 heterocycles. The van der Waals surface area contributed by atoms with Crippen LogP contribution in [0.2, 0.25) is 0 Å². The molecule has 0 aliphatic heterocycles. The molecule has 4 nitrogen and oxygen atoms in total. The third kappa shape index (κ3) is 5.17. The number of benzene rings is 2. The standard InChI is InChI=1S/C19H23F2N3O/c1-3-24(4-2)15-10-8-14(9-11-15)23-18(25)12-13-22-19-16(20)6-5-7-17(19)21/h5-11,22H,3-4,12-13H2,1-2H3,(H,23,25). The molecule has 0 aliphatic carbocycles. The molecule has 0 saturated heterocycles. The van der Waals surface area contributed by atoms with Crippen LogP contribution in [0.5, 0.6) is 0 Å². The fourth-order valence-electron chi connectivity index (χ4n) is 2.54. The van der Waals surface area contributed by atoms with E-state index in [4.69, 9.17) is 0 Å². The lowest BCUT2D eigenvalue weighted by atomic mass is 10.2. The first-order chi connectivity index (χ1) is 12.0. The number of amides is 1. The van der Waals surface area contributed by atoms with E-state index in [-0.39, 0.29) is 24.6 Å². The van der Waals surface area contributed by atoms with E-state index in [9.17, 15) is 13.6 Å². The van der Waals surface area contributed by atoms with E-state index in [1.54, 1.807) is 0 Å². The number of hydrogen-bond acceptors (Lipinski definition) is 3. The van der Waals surface area contributed by atoms with Crippen LogP contribution >= 0.6 is 0 Å². The lowest BCUT2D eigenvalue weighted by Crippen LogP contribution is -2.21. The molecule has 0 bridgehead atoms. The molecule has 1 amide bonds. The summed E-state index contributed by atoms with van der Waals surface area (Å²) in [6, 6.07) is 11.2. The van der Waals surface area contributed by atoms with Gasteiger partial charge in [0.25, 0.3) is 0 Å². The SMILES string of the molecule is CCN(CC)c1ccc(NC(=O)CCNc2c(F)cccc2F)cc1. The smallest absolute Gasteiger partial charge is 0.226 e. The Morgan fingerprint density at radius 1 is 1.00 bits per heavy atom. The molecule has 25 heavy (non-hydrogen) atoms. The van der Waals surface area contributed by atoms with Crippen molar-refractivity contribution in [3.05, 3.63) is 54.1 Å². The van der Waals surface area contributed by atoms with Gasteiger partial charge in [-0.25, -0.2) is 8.78 Å². The summed E-state index contributed by atoms with van der Waals surface area (Å²) >= 11 is 0. The number of hydrogen-bond donors (Lipinski definition) is 2. The summed E-state index contributed by atoms with van der Waals surface area (Å²) in [6.07, 6.45) is 0.103. The largest absolute Gasteiger partial charge is 0.380 e. The normalized spacial score (nSPS) is 10.4. The maximum Gasteiger partial charge on any atom is 0.226 e. The van der Waals surface area contributed by atoms with Crippen LogP contribution in [0.15, 0.2) is 42.5 Å². The molecule has 0 saturated carbocycles. The van der Waals surface area contributed by atoms with Crippen molar-refractivity contribution in [3.63, 3.8) is 0 Å². The molecular weight excluding hydrogens is 324 g/mol. The maximum absolute atomic E-state index is 13.5. The Balaban J connectivity index is 1.84. The van der Waals surface area contributed by atoms with Gasteiger partial charge < -0.3 is 15.5 Å². The number of nitrogens with zero attached hydrogens (tertiary/aromatic N) is 1. The topological polar surface area (TPSA) is 44.4 Å². The van der Waals surface area contributed by atoms with Gasteiger partial charge in [0.15, 0.2) is 0 Å². The van der Waals surface area contributed by atoms with Gasteiger partial charge in [-0.1, -0.05) is 6.07 Å². The molecule has 134 valence electrons. The number of carbonyl (C=O) groups excluding carboxylic acids is 1. The second-order valence-corrected chi connectivity index (χ2v) is 5.54. The number of anilines is 3. The van der Waals surface area contributed by atoms with Gasteiger partial charge in [0.1, 0.15) is 17.3 Å². The van der Waals surface area contributed by atoms with Gasteiger partial charge in [0.05, 0.1) is 0 Å². The minimum Gasteiger partial charge on any atom is -0.380 e. The maximum atomic E-state index is 13.5. The number of rotatable bonds is 8. The van der Waals surface area contributed by atoms with Crippen LogP contribution < -0.4 is 15.5 Å². The predicted molar refractivity (Wildman–Crippen MR) is 98.1 cm³/mol.